The molecule has 0 heterocycles. The van der Waals surface area contributed by atoms with Crippen LogP contribution in [-0.4, -0.2) is 22.0 Å². The summed E-state index contributed by atoms with van der Waals surface area (Å²) in [6.07, 6.45) is 0. The molecule has 0 fully saturated rings. The van der Waals surface area contributed by atoms with Crippen molar-refractivity contribution in [2.75, 3.05) is 0 Å². The minimum absolute atomic E-state index is 0.398. The van der Waals surface area contributed by atoms with Gasteiger partial charge in [-0.3, -0.25) is 9.59 Å². The molecule has 0 aromatic rings. The molecule has 0 aromatic carbocycles. The van der Waals surface area contributed by atoms with Gasteiger partial charge in [-0.1, -0.05) is 13.2 Å². The molecule has 16 heavy (non-hydrogen) atoms. The van der Waals surface area contributed by atoms with Gasteiger partial charge in [0.2, 0.25) is 11.8 Å². The Morgan fingerprint density at radius 2 is 0.938 bits per heavy atom. The highest BCUT2D eigenvalue weighted by molar-refractivity contribution is 5.90. The molecule has 0 aliphatic carbocycles. The molecule has 0 atom stereocenters. The summed E-state index contributed by atoms with van der Waals surface area (Å²) < 4.78 is 0. The van der Waals surface area contributed by atoms with Crippen molar-refractivity contribution in [2.45, 2.75) is 13.8 Å². The monoisotopic (exact) mass is 230 g/mol. The second kappa shape index (κ2) is 10.8. The number of primary amides is 2. The number of carbonyl (C=O) groups is 2. The number of rotatable bonds is 2. The van der Waals surface area contributed by atoms with Crippen molar-refractivity contribution >= 4 is 11.8 Å². The first-order chi connectivity index (χ1) is 7.02. The number of carbonyl (C=O) groups excluding carboxylic acids is 2. The van der Waals surface area contributed by atoms with Crippen molar-refractivity contribution in [3.63, 3.8) is 0 Å². The van der Waals surface area contributed by atoms with Gasteiger partial charge in [-0.25, -0.2) is 0 Å². The first-order valence-electron chi connectivity index (χ1n) is 3.99. The third kappa shape index (κ3) is 41.0. The van der Waals surface area contributed by atoms with Crippen LogP contribution in [0.25, 0.3) is 0 Å². The number of aliphatic hydroxyl groups is 2. The van der Waals surface area contributed by atoms with E-state index in [-0.39, 0.29) is 0 Å². The summed E-state index contributed by atoms with van der Waals surface area (Å²) in [7, 11) is 0. The minimum Gasteiger partial charge on any atom is -0.482 e. The Kier molecular flexibility index (Phi) is 13.1. The van der Waals surface area contributed by atoms with Crippen LogP contribution in [0.2, 0.25) is 0 Å². The third-order valence-electron chi connectivity index (χ3n) is 0.841. The highest BCUT2D eigenvalue weighted by Crippen LogP contribution is 1.78. The molecule has 0 aromatic heterocycles. The van der Waals surface area contributed by atoms with Gasteiger partial charge in [-0.05, 0) is 20.4 Å². The molecule has 92 valence electrons. The van der Waals surface area contributed by atoms with E-state index in [4.69, 9.17) is 21.7 Å². The Bertz CT molecular complexity index is 243. The van der Waals surface area contributed by atoms with Crippen molar-refractivity contribution in [1.29, 1.82) is 0 Å². The van der Waals surface area contributed by atoms with E-state index < -0.39 is 17.8 Å². The van der Waals surface area contributed by atoms with Gasteiger partial charge in [-0.15, -0.1) is 0 Å². The maximum Gasteiger partial charge on any atom is 0.266 e. The van der Waals surface area contributed by atoms with Gasteiger partial charge in [0.15, 0.2) is 0 Å². The van der Waals surface area contributed by atoms with Gasteiger partial charge in [0, 0.05) is 11.1 Å². The molecule has 0 rings (SSSR count). The maximum atomic E-state index is 9.82. The van der Waals surface area contributed by atoms with Gasteiger partial charge < -0.3 is 21.7 Å². The molecule has 6 N–H and O–H groups in total. The van der Waals surface area contributed by atoms with E-state index in [9.17, 15) is 9.59 Å². The van der Waals surface area contributed by atoms with Crippen LogP contribution in [0.1, 0.15) is 13.8 Å². The van der Waals surface area contributed by atoms with Crippen molar-refractivity contribution in [3.8, 4) is 0 Å². The van der Waals surface area contributed by atoms with Crippen LogP contribution in [0.4, 0.5) is 0 Å². The van der Waals surface area contributed by atoms with Gasteiger partial charge in [-0.2, -0.15) is 0 Å². The fourth-order valence-electron chi connectivity index (χ4n) is 0. The zero-order chi connectivity index (χ0) is 13.9. The van der Waals surface area contributed by atoms with Crippen LogP contribution in [-0.2, 0) is 9.59 Å². The number of hydrogen-bond donors (Lipinski definition) is 4. The molecule has 0 radical (unpaired) electrons. The summed E-state index contributed by atoms with van der Waals surface area (Å²) >= 11 is 0. The van der Waals surface area contributed by atoms with Crippen LogP contribution in [0, 0.1) is 0 Å². The molecule has 2 amide bonds. The van der Waals surface area contributed by atoms with E-state index >= 15 is 0 Å². The summed E-state index contributed by atoms with van der Waals surface area (Å²) in [5.41, 5.74) is 10.2. The first kappa shape index (κ1) is 19.4. The number of nitrogens with two attached hydrogens (primary N) is 2. The summed E-state index contributed by atoms with van der Waals surface area (Å²) in [6.45, 7) is 12.4. The van der Waals surface area contributed by atoms with E-state index in [1.54, 1.807) is 13.8 Å². The predicted molar refractivity (Wildman–Crippen MR) is 62.4 cm³/mol. The highest BCUT2D eigenvalue weighted by Gasteiger charge is 1.87. The average molecular weight is 230 g/mol. The second-order valence-corrected chi connectivity index (χ2v) is 2.71. The third-order valence-corrected chi connectivity index (χ3v) is 0.841. The van der Waals surface area contributed by atoms with Crippen LogP contribution >= 0.6 is 0 Å². The average Bonchev–Trinajstić information content (AvgIpc) is 2.03. The van der Waals surface area contributed by atoms with Crippen molar-refractivity contribution in [2.24, 2.45) is 11.5 Å². The van der Waals surface area contributed by atoms with E-state index in [1.807, 2.05) is 0 Å². The molecular weight excluding hydrogens is 212 g/mol. The highest BCUT2D eigenvalue weighted by atomic mass is 16.5. The quantitative estimate of drug-likeness (QED) is 0.410. The van der Waals surface area contributed by atoms with Gasteiger partial charge >= 0.3 is 0 Å². The lowest BCUT2D eigenvalue weighted by Gasteiger charge is -1.81. The second-order valence-electron chi connectivity index (χ2n) is 2.71. The molecule has 0 spiro atoms. The first-order valence-corrected chi connectivity index (χ1v) is 3.99. The normalized spacial score (nSPS) is 7.12. The van der Waals surface area contributed by atoms with Crippen molar-refractivity contribution in [3.05, 3.63) is 36.8 Å². The van der Waals surface area contributed by atoms with E-state index in [2.05, 4.69) is 19.7 Å². The fourth-order valence-corrected chi connectivity index (χ4v) is 0. The van der Waals surface area contributed by atoms with E-state index in [0.717, 1.165) is 0 Å². The summed E-state index contributed by atoms with van der Waals surface area (Å²) in [5.74, 6) is -1.70. The lowest BCUT2D eigenvalue weighted by Crippen LogP contribution is -2.10. The molecule has 0 saturated carbocycles. The topological polar surface area (TPSA) is 127 Å². The fraction of sp³-hybridized carbons (Fsp3) is 0.200. The molecule has 0 aliphatic heterocycles. The van der Waals surface area contributed by atoms with Crippen LogP contribution in [0.15, 0.2) is 36.8 Å². The molecule has 6 nitrogen and oxygen atoms in total. The number of amides is 2. The minimum atomic E-state index is -0.833. The lowest BCUT2D eigenvalue weighted by molar-refractivity contribution is -0.115. The lowest BCUT2D eigenvalue weighted by atomic mass is 10.3. The van der Waals surface area contributed by atoms with E-state index in [0.29, 0.717) is 11.1 Å². The van der Waals surface area contributed by atoms with Crippen molar-refractivity contribution in [1.82, 2.24) is 0 Å². The Morgan fingerprint density at radius 1 is 0.875 bits per heavy atom. The van der Waals surface area contributed by atoms with Crippen LogP contribution in [0.3, 0.4) is 0 Å². The van der Waals surface area contributed by atoms with Gasteiger partial charge in [0.25, 0.3) is 5.95 Å². The summed E-state index contributed by atoms with van der Waals surface area (Å²) in [4.78, 5) is 19.6. The molecule has 0 saturated heterocycles. The number of aliphatic hydroxyl groups excluding tert-OH is 1. The summed E-state index contributed by atoms with van der Waals surface area (Å²) in [6, 6.07) is 0. The Balaban J connectivity index is -0.000000162. The zero-order valence-corrected chi connectivity index (χ0v) is 9.49. The number of hydrogen-bond acceptors (Lipinski definition) is 4. The van der Waals surface area contributed by atoms with Gasteiger partial charge in [0.05, 0.1) is 0 Å². The van der Waals surface area contributed by atoms with Gasteiger partial charge in [0.1, 0.15) is 0 Å². The smallest absolute Gasteiger partial charge is 0.266 e. The maximum absolute atomic E-state index is 9.82. The SMILES string of the molecule is C=C(C)C(N)=O.C=C(C)C(N)=O.C=C(O)O. The van der Waals surface area contributed by atoms with Crippen LogP contribution < -0.4 is 11.5 Å². The van der Waals surface area contributed by atoms with Crippen LogP contribution in [0.5, 0.6) is 0 Å². The van der Waals surface area contributed by atoms with Crippen molar-refractivity contribution < 1.29 is 19.8 Å². The molecule has 0 unspecified atom stereocenters. The Morgan fingerprint density at radius 3 is 0.938 bits per heavy atom. The molecule has 0 bridgehead atoms. The van der Waals surface area contributed by atoms with E-state index in [1.165, 1.54) is 0 Å². The zero-order valence-electron chi connectivity index (χ0n) is 9.49. The Labute approximate surface area is 94.6 Å². The standard InChI is InChI=1S/2C4H7NO.C2H4O2/c2*1-3(2)4(5)6;1-2(3)4/h2*1H2,2H3,(H2,5,6);3-4H,1H2. The predicted octanol–water partition coefficient (Wildman–Crippen LogP) is 0.669. The molecule has 0 aliphatic rings. The largest absolute Gasteiger partial charge is 0.482 e. The Hall–Kier alpha value is -2.24. The molecule has 6 heteroatoms. The molecular formula is C10H18N2O4. The summed E-state index contributed by atoms with van der Waals surface area (Å²) in [5, 5.41) is 14.8.